The first-order valence-electron chi connectivity index (χ1n) is 8.90. The van der Waals surface area contributed by atoms with Crippen LogP contribution in [0.2, 0.25) is 0 Å². The Morgan fingerprint density at radius 3 is 2.50 bits per heavy atom. The second kappa shape index (κ2) is 6.52. The normalized spacial score (nSPS) is 20.5. The maximum atomic E-state index is 6.32. The summed E-state index contributed by atoms with van der Waals surface area (Å²) in [5, 5.41) is 4.16. The molecule has 0 saturated heterocycles. The molecule has 2 aromatic rings. The zero-order chi connectivity index (χ0) is 16.0. The first-order chi connectivity index (χ1) is 11.1. The van der Waals surface area contributed by atoms with Crippen molar-refractivity contribution in [1.82, 2.24) is 14.7 Å². The largest absolute Gasteiger partial charge is 0.345 e. The third-order valence-corrected chi connectivity index (χ3v) is 5.77. The molecule has 2 fully saturated rings. The number of halogens is 1. The molecule has 2 aromatic heterocycles. The highest BCUT2D eigenvalue weighted by Crippen LogP contribution is 2.39. The minimum Gasteiger partial charge on any atom is -0.345 e. The lowest BCUT2D eigenvalue weighted by atomic mass is 9.77. The van der Waals surface area contributed by atoms with E-state index < -0.39 is 0 Å². The van der Waals surface area contributed by atoms with Gasteiger partial charge in [0, 0.05) is 17.4 Å². The van der Waals surface area contributed by atoms with E-state index in [0.29, 0.717) is 17.8 Å². The van der Waals surface area contributed by atoms with Crippen molar-refractivity contribution in [1.29, 1.82) is 0 Å². The van der Waals surface area contributed by atoms with Crippen LogP contribution in [0.3, 0.4) is 0 Å². The Kier molecular flexibility index (Phi) is 4.76. The zero-order valence-electron chi connectivity index (χ0n) is 14.5. The van der Waals surface area contributed by atoms with Crippen molar-refractivity contribution < 1.29 is 4.52 Å². The minimum atomic E-state index is -0.364. The molecule has 2 aliphatic rings. The summed E-state index contributed by atoms with van der Waals surface area (Å²) < 4.78 is 8.03. The highest BCUT2D eigenvalue weighted by Gasteiger charge is 2.39. The highest BCUT2D eigenvalue weighted by molar-refractivity contribution is 5.85. The van der Waals surface area contributed by atoms with E-state index >= 15 is 0 Å². The summed E-state index contributed by atoms with van der Waals surface area (Å²) in [7, 11) is 0. The predicted molar refractivity (Wildman–Crippen MR) is 96.3 cm³/mol. The second-order valence-corrected chi connectivity index (χ2v) is 7.38. The number of hydrogen-bond acceptors (Lipinski definition) is 4. The first kappa shape index (κ1) is 17.5. The molecule has 0 bridgehead atoms. The van der Waals surface area contributed by atoms with Crippen LogP contribution in [0.4, 0.5) is 0 Å². The summed E-state index contributed by atoms with van der Waals surface area (Å²) in [5.74, 6) is 1.29. The summed E-state index contributed by atoms with van der Waals surface area (Å²) >= 11 is 0. The van der Waals surface area contributed by atoms with Gasteiger partial charge in [-0.05, 0) is 52.0 Å². The topological polar surface area (TPSA) is 69.9 Å². The van der Waals surface area contributed by atoms with Gasteiger partial charge in [-0.2, -0.15) is 4.98 Å². The molecular formula is C18H27ClN4O. The monoisotopic (exact) mass is 350 g/mol. The predicted octanol–water partition coefficient (Wildman–Crippen LogP) is 4.42. The first-order valence-corrected chi connectivity index (χ1v) is 8.90. The molecule has 5 nitrogen and oxygen atoms in total. The van der Waals surface area contributed by atoms with Crippen molar-refractivity contribution >= 4 is 12.4 Å². The maximum Gasteiger partial charge on any atom is 0.259 e. The van der Waals surface area contributed by atoms with Gasteiger partial charge in [0.15, 0.2) is 5.82 Å². The van der Waals surface area contributed by atoms with E-state index in [-0.39, 0.29) is 17.9 Å². The van der Waals surface area contributed by atoms with Gasteiger partial charge in [-0.25, -0.2) is 0 Å². The fourth-order valence-electron chi connectivity index (χ4n) is 4.21. The van der Waals surface area contributed by atoms with E-state index in [4.69, 9.17) is 10.3 Å². The van der Waals surface area contributed by atoms with Crippen molar-refractivity contribution in [3.05, 3.63) is 23.3 Å². The van der Waals surface area contributed by atoms with Crippen LogP contribution >= 0.6 is 12.4 Å². The number of aromatic nitrogens is 3. The van der Waals surface area contributed by atoms with Crippen LogP contribution in [-0.4, -0.2) is 14.7 Å². The third-order valence-electron chi connectivity index (χ3n) is 5.77. The van der Waals surface area contributed by atoms with Crippen LogP contribution in [0, 0.1) is 13.8 Å². The van der Waals surface area contributed by atoms with Crippen LogP contribution in [0.1, 0.15) is 74.6 Å². The van der Waals surface area contributed by atoms with Gasteiger partial charge in [0.05, 0.1) is 11.1 Å². The van der Waals surface area contributed by atoms with Crippen molar-refractivity contribution in [2.45, 2.75) is 76.8 Å². The van der Waals surface area contributed by atoms with E-state index in [9.17, 15) is 0 Å². The van der Waals surface area contributed by atoms with Crippen LogP contribution in [0.25, 0.3) is 11.5 Å². The van der Waals surface area contributed by atoms with Crippen molar-refractivity contribution in [2.24, 2.45) is 5.73 Å². The molecule has 2 saturated carbocycles. The summed E-state index contributed by atoms with van der Waals surface area (Å²) in [5.41, 5.74) is 9.54. The SMILES string of the molecule is Cc1cc(-c2nc(C3(N)CCC3)no2)c(C)n1C1CCCCC1.Cl. The number of nitrogens with zero attached hydrogens (tertiary/aromatic N) is 3. The molecule has 0 aliphatic heterocycles. The van der Waals surface area contributed by atoms with Gasteiger partial charge in [-0.3, -0.25) is 0 Å². The number of hydrogen-bond donors (Lipinski definition) is 1. The average molecular weight is 351 g/mol. The van der Waals surface area contributed by atoms with Crippen molar-refractivity contribution in [2.75, 3.05) is 0 Å². The van der Waals surface area contributed by atoms with E-state index in [2.05, 4.69) is 34.6 Å². The highest BCUT2D eigenvalue weighted by atomic mass is 35.5. The summed E-state index contributed by atoms with van der Waals surface area (Å²) in [6, 6.07) is 2.80. The van der Waals surface area contributed by atoms with E-state index in [1.54, 1.807) is 0 Å². The van der Waals surface area contributed by atoms with Crippen molar-refractivity contribution in [3.63, 3.8) is 0 Å². The standard InChI is InChI=1S/C18H26N4O.ClH/c1-12-11-15(13(2)22(12)14-7-4-3-5-8-14)16-20-17(21-23-16)18(19)9-6-10-18;/h11,14H,3-10,19H2,1-2H3;1H. The Morgan fingerprint density at radius 2 is 1.88 bits per heavy atom. The lowest BCUT2D eigenvalue weighted by molar-refractivity contribution is 0.229. The molecule has 2 N–H and O–H groups in total. The Hall–Kier alpha value is -1.33. The number of rotatable bonds is 3. The molecule has 4 rings (SSSR count). The molecule has 2 heterocycles. The Morgan fingerprint density at radius 1 is 1.17 bits per heavy atom. The Balaban J connectivity index is 0.00000169. The maximum absolute atomic E-state index is 6.32. The van der Waals surface area contributed by atoms with E-state index in [1.165, 1.54) is 43.5 Å². The third kappa shape index (κ3) is 2.78. The lowest BCUT2D eigenvalue weighted by Gasteiger charge is -2.34. The van der Waals surface area contributed by atoms with Gasteiger partial charge in [0.2, 0.25) is 0 Å². The molecule has 6 heteroatoms. The molecule has 0 aromatic carbocycles. The van der Waals surface area contributed by atoms with Gasteiger partial charge in [-0.1, -0.05) is 24.4 Å². The Bertz CT molecular complexity index is 711. The molecule has 132 valence electrons. The van der Waals surface area contributed by atoms with Gasteiger partial charge in [0.25, 0.3) is 5.89 Å². The summed E-state index contributed by atoms with van der Waals surface area (Å²) in [6.45, 7) is 4.35. The fourth-order valence-corrected chi connectivity index (χ4v) is 4.21. The lowest BCUT2D eigenvalue weighted by Crippen LogP contribution is -2.44. The zero-order valence-corrected chi connectivity index (χ0v) is 15.4. The smallest absolute Gasteiger partial charge is 0.259 e. The number of nitrogens with two attached hydrogens (primary N) is 1. The second-order valence-electron chi connectivity index (χ2n) is 7.38. The van der Waals surface area contributed by atoms with Crippen LogP contribution in [0.15, 0.2) is 10.6 Å². The summed E-state index contributed by atoms with van der Waals surface area (Å²) in [6.07, 6.45) is 9.63. The van der Waals surface area contributed by atoms with E-state index in [0.717, 1.165) is 24.8 Å². The van der Waals surface area contributed by atoms with Gasteiger partial charge in [0.1, 0.15) is 0 Å². The fraction of sp³-hybridized carbons (Fsp3) is 0.667. The van der Waals surface area contributed by atoms with Crippen LogP contribution < -0.4 is 5.73 Å². The molecule has 0 spiro atoms. The molecule has 0 radical (unpaired) electrons. The minimum absolute atomic E-state index is 0. The van der Waals surface area contributed by atoms with Gasteiger partial charge < -0.3 is 14.8 Å². The number of aryl methyl sites for hydroxylation is 1. The Labute approximate surface area is 149 Å². The summed E-state index contributed by atoms with van der Waals surface area (Å²) in [4.78, 5) is 4.62. The average Bonchev–Trinajstić information content (AvgIpc) is 3.11. The van der Waals surface area contributed by atoms with Crippen LogP contribution in [0.5, 0.6) is 0 Å². The quantitative estimate of drug-likeness (QED) is 0.889. The molecule has 0 atom stereocenters. The van der Waals surface area contributed by atoms with Crippen LogP contribution in [-0.2, 0) is 5.54 Å². The molecule has 0 unspecified atom stereocenters. The van der Waals surface area contributed by atoms with Crippen molar-refractivity contribution in [3.8, 4) is 11.5 Å². The van der Waals surface area contributed by atoms with E-state index in [1.807, 2.05) is 0 Å². The molecule has 2 aliphatic carbocycles. The van der Waals surface area contributed by atoms with Gasteiger partial charge in [-0.15, -0.1) is 12.4 Å². The molecule has 24 heavy (non-hydrogen) atoms. The molecular weight excluding hydrogens is 324 g/mol. The molecule has 0 amide bonds. The van der Waals surface area contributed by atoms with Gasteiger partial charge >= 0.3 is 0 Å².